The first-order valence-corrected chi connectivity index (χ1v) is 9.55. The van der Waals surface area contributed by atoms with E-state index in [1.807, 2.05) is 54.6 Å². The second-order valence-corrected chi connectivity index (χ2v) is 7.14. The lowest BCUT2D eigenvalue weighted by atomic mass is 10.1. The van der Waals surface area contributed by atoms with Gasteiger partial charge in [0.1, 0.15) is 5.75 Å². The molecule has 146 valence electrons. The molecule has 1 heterocycles. The highest BCUT2D eigenvalue weighted by atomic mass is 16.5. The first-order valence-electron chi connectivity index (χ1n) is 9.55. The van der Waals surface area contributed by atoms with Crippen LogP contribution >= 0.6 is 0 Å². The lowest BCUT2D eigenvalue weighted by Crippen LogP contribution is -2.31. The van der Waals surface area contributed by atoms with Crippen molar-refractivity contribution in [3.8, 4) is 5.75 Å². The van der Waals surface area contributed by atoms with Gasteiger partial charge >= 0.3 is 0 Å². The average molecular weight is 386 g/mol. The molecule has 0 bridgehead atoms. The van der Waals surface area contributed by atoms with Gasteiger partial charge in [-0.1, -0.05) is 54.6 Å². The van der Waals surface area contributed by atoms with Crippen LogP contribution in [0.4, 0.5) is 5.69 Å². The SMILES string of the molecule is CN(Cc1ccccc1)C(=O)c1cccc(NC(=O)C2Cc3ccccc3O2)c1. The van der Waals surface area contributed by atoms with E-state index in [9.17, 15) is 9.59 Å². The van der Waals surface area contributed by atoms with E-state index < -0.39 is 6.10 Å². The topological polar surface area (TPSA) is 58.6 Å². The molecule has 1 aliphatic heterocycles. The molecule has 1 N–H and O–H groups in total. The Morgan fingerprint density at radius 2 is 1.76 bits per heavy atom. The van der Waals surface area contributed by atoms with Gasteiger partial charge in [-0.15, -0.1) is 0 Å². The molecule has 0 fully saturated rings. The molecular weight excluding hydrogens is 364 g/mol. The van der Waals surface area contributed by atoms with Crippen molar-refractivity contribution in [3.05, 3.63) is 95.6 Å². The van der Waals surface area contributed by atoms with Crippen LogP contribution in [-0.4, -0.2) is 29.9 Å². The number of nitrogens with one attached hydrogen (secondary N) is 1. The number of anilines is 1. The number of hydrogen-bond donors (Lipinski definition) is 1. The Kier molecular flexibility index (Phi) is 5.29. The lowest BCUT2D eigenvalue weighted by Gasteiger charge is -2.18. The fourth-order valence-corrected chi connectivity index (χ4v) is 3.43. The Morgan fingerprint density at radius 3 is 2.55 bits per heavy atom. The third kappa shape index (κ3) is 4.29. The van der Waals surface area contributed by atoms with Crippen molar-refractivity contribution in [2.45, 2.75) is 19.1 Å². The normalized spacial score (nSPS) is 14.6. The van der Waals surface area contributed by atoms with Crippen molar-refractivity contribution in [2.75, 3.05) is 12.4 Å². The third-order valence-corrected chi connectivity index (χ3v) is 4.93. The summed E-state index contributed by atoms with van der Waals surface area (Å²) < 4.78 is 5.74. The molecule has 5 heteroatoms. The number of hydrogen-bond acceptors (Lipinski definition) is 3. The summed E-state index contributed by atoms with van der Waals surface area (Å²) in [5.41, 5.74) is 3.19. The zero-order chi connectivity index (χ0) is 20.2. The highest BCUT2D eigenvalue weighted by molar-refractivity contribution is 5.98. The summed E-state index contributed by atoms with van der Waals surface area (Å²) in [4.78, 5) is 27.0. The van der Waals surface area contributed by atoms with Gasteiger partial charge in [0, 0.05) is 31.3 Å². The first kappa shape index (κ1) is 18.7. The summed E-state index contributed by atoms with van der Waals surface area (Å²) in [5, 5.41) is 2.87. The number of rotatable bonds is 5. The van der Waals surface area contributed by atoms with Crippen molar-refractivity contribution in [2.24, 2.45) is 0 Å². The number of fused-ring (bicyclic) bond motifs is 1. The quantitative estimate of drug-likeness (QED) is 0.724. The number of carbonyl (C=O) groups excluding carboxylic acids is 2. The molecule has 4 rings (SSSR count). The van der Waals surface area contributed by atoms with Gasteiger partial charge in [-0.2, -0.15) is 0 Å². The van der Waals surface area contributed by atoms with Crippen LogP contribution in [0, 0.1) is 0 Å². The predicted molar refractivity (Wildman–Crippen MR) is 112 cm³/mol. The fourth-order valence-electron chi connectivity index (χ4n) is 3.43. The monoisotopic (exact) mass is 386 g/mol. The highest BCUT2D eigenvalue weighted by Crippen LogP contribution is 2.28. The van der Waals surface area contributed by atoms with E-state index in [0.717, 1.165) is 16.9 Å². The molecule has 5 nitrogen and oxygen atoms in total. The van der Waals surface area contributed by atoms with Crippen LogP contribution in [0.1, 0.15) is 21.5 Å². The average Bonchev–Trinajstić information content (AvgIpc) is 3.18. The Bertz CT molecular complexity index is 1010. The van der Waals surface area contributed by atoms with Crippen molar-refractivity contribution < 1.29 is 14.3 Å². The number of para-hydroxylation sites is 1. The predicted octanol–water partition coefficient (Wildman–Crippen LogP) is 3.90. The summed E-state index contributed by atoms with van der Waals surface area (Å²) in [7, 11) is 1.77. The maximum absolute atomic E-state index is 12.8. The minimum atomic E-state index is -0.562. The molecule has 3 aromatic carbocycles. The fraction of sp³-hybridized carbons (Fsp3) is 0.167. The van der Waals surface area contributed by atoms with E-state index >= 15 is 0 Å². The second kappa shape index (κ2) is 8.19. The first-order chi connectivity index (χ1) is 14.1. The molecule has 0 radical (unpaired) electrons. The maximum atomic E-state index is 12.8. The number of ether oxygens (including phenoxy) is 1. The Balaban J connectivity index is 1.41. The lowest BCUT2D eigenvalue weighted by molar-refractivity contribution is -0.122. The van der Waals surface area contributed by atoms with Gasteiger partial charge in [-0.25, -0.2) is 0 Å². The molecule has 1 aliphatic rings. The van der Waals surface area contributed by atoms with Crippen molar-refractivity contribution in [1.29, 1.82) is 0 Å². The number of amides is 2. The molecule has 0 aromatic heterocycles. The molecule has 1 atom stereocenters. The highest BCUT2D eigenvalue weighted by Gasteiger charge is 2.28. The van der Waals surface area contributed by atoms with E-state index in [1.54, 1.807) is 36.2 Å². The van der Waals surface area contributed by atoms with Crippen LogP contribution in [-0.2, 0) is 17.8 Å². The summed E-state index contributed by atoms with van der Waals surface area (Å²) in [6, 6.07) is 24.5. The molecule has 0 saturated carbocycles. The molecule has 1 unspecified atom stereocenters. The maximum Gasteiger partial charge on any atom is 0.265 e. The van der Waals surface area contributed by atoms with Gasteiger partial charge < -0.3 is 15.0 Å². The smallest absolute Gasteiger partial charge is 0.265 e. The Hall–Kier alpha value is -3.60. The van der Waals surface area contributed by atoms with E-state index in [0.29, 0.717) is 24.2 Å². The van der Waals surface area contributed by atoms with Gasteiger partial charge in [0.15, 0.2) is 6.10 Å². The third-order valence-electron chi connectivity index (χ3n) is 4.93. The van der Waals surface area contributed by atoms with Crippen molar-refractivity contribution >= 4 is 17.5 Å². The molecule has 29 heavy (non-hydrogen) atoms. The molecule has 0 aliphatic carbocycles. The Labute approximate surface area is 169 Å². The van der Waals surface area contributed by atoms with E-state index in [4.69, 9.17) is 4.74 Å². The van der Waals surface area contributed by atoms with Crippen LogP contribution in [0.3, 0.4) is 0 Å². The van der Waals surface area contributed by atoms with Crippen LogP contribution in [0.5, 0.6) is 5.75 Å². The molecular formula is C24H22N2O3. The number of benzene rings is 3. The largest absolute Gasteiger partial charge is 0.480 e. The van der Waals surface area contributed by atoms with Gasteiger partial charge in [0.05, 0.1) is 0 Å². The molecule has 2 amide bonds. The summed E-state index contributed by atoms with van der Waals surface area (Å²) in [6.07, 6.45) is -0.0204. The van der Waals surface area contributed by atoms with E-state index in [1.165, 1.54) is 0 Å². The minimum absolute atomic E-state index is 0.102. The second-order valence-electron chi connectivity index (χ2n) is 7.14. The van der Waals surface area contributed by atoms with E-state index in [-0.39, 0.29) is 11.8 Å². The van der Waals surface area contributed by atoms with Crippen LogP contribution in [0.15, 0.2) is 78.9 Å². The van der Waals surface area contributed by atoms with Crippen LogP contribution in [0.2, 0.25) is 0 Å². The Morgan fingerprint density at radius 1 is 1.00 bits per heavy atom. The van der Waals surface area contributed by atoms with Gasteiger partial charge in [-0.3, -0.25) is 9.59 Å². The standard InChI is InChI=1S/C24H22N2O3/c1-26(16-17-8-3-2-4-9-17)24(28)19-11-7-12-20(14-19)25-23(27)22-15-18-10-5-6-13-21(18)29-22/h2-14,22H,15-16H2,1H3,(H,25,27). The molecule has 0 saturated heterocycles. The van der Waals surface area contributed by atoms with Crippen LogP contribution < -0.4 is 10.1 Å². The number of carbonyl (C=O) groups is 2. The van der Waals surface area contributed by atoms with Gasteiger partial charge in [-0.05, 0) is 35.4 Å². The zero-order valence-corrected chi connectivity index (χ0v) is 16.2. The summed E-state index contributed by atoms with van der Waals surface area (Å²) >= 11 is 0. The van der Waals surface area contributed by atoms with Crippen LogP contribution in [0.25, 0.3) is 0 Å². The molecule has 3 aromatic rings. The van der Waals surface area contributed by atoms with Crippen molar-refractivity contribution in [1.82, 2.24) is 4.90 Å². The van der Waals surface area contributed by atoms with Gasteiger partial charge in [0.25, 0.3) is 11.8 Å². The zero-order valence-electron chi connectivity index (χ0n) is 16.2. The minimum Gasteiger partial charge on any atom is -0.480 e. The van der Waals surface area contributed by atoms with Crippen molar-refractivity contribution in [3.63, 3.8) is 0 Å². The van der Waals surface area contributed by atoms with E-state index in [2.05, 4.69) is 5.32 Å². The number of nitrogens with zero attached hydrogens (tertiary/aromatic N) is 1. The molecule has 0 spiro atoms. The summed E-state index contributed by atoms with van der Waals surface area (Å²) in [6.45, 7) is 0.518. The van der Waals surface area contributed by atoms with Gasteiger partial charge in [0.2, 0.25) is 0 Å². The summed E-state index contributed by atoms with van der Waals surface area (Å²) in [5.74, 6) is 0.428.